The van der Waals surface area contributed by atoms with Crippen molar-refractivity contribution in [2.24, 2.45) is 0 Å². The third kappa shape index (κ3) is 4.04. The van der Waals surface area contributed by atoms with Gasteiger partial charge in [-0.3, -0.25) is 0 Å². The van der Waals surface area contributed by atoms with Crippen LogP contribution in [-0.2, 0) is 11.3 Å². The number of hydrogen-bond acceptors (Lipinski definition) is 1. The lowest BCUT2D eigenvalue weighted by Gasteiger charge is -2.02. The molecule has 86 valence electrons. The largest absolute Gasteiger partial charge is 0.377 e. The van der Waals surface area contributed by atoms with Crippen molar-refractivity contribution in [3.8, 4) is 0 Å². The Labute approximate surface area is 92.7 Å². The zero-order chi connectivity index (χ0) is 11.1. The molecule has 0 N–H and O–H groups in total. The van der Waals surface area contributed by atoms with E-state index in [1.54, 1.807) is 0 Å². The first-order valence-electron chi connectivity index (χ1n) is 5.92. The molecular formula is C12H23N2O+. The van der Waals surface area contributed by atoms with Gasteiger partial charge in [0.15, 0.2) is 0 Å². The smallest absolute Gasteiger partial charge is 0.244 e. The molecule has 0 radical (unpaired) electrons. The lowest BCUT2D eigenvalue weighted by atomic mass is 10.3. The summed E-state index contributed by atoms with van der Waals surface area (Å²) in [6, 6.07) is 0.586. The minimum Gasteiger partial charge on any atom is -0.377 e. The highest BCUT2D eigenvalue weighted by Gasteiger charge is 2.08. The monoisotopic (exact) mass is 211 g/mol. The van der Waals surface area contributed by atoms with Gasteiger partial charge in [-0.1, -0.05) is 13.8 Å². The van der Waals surface area contributed by atoms with Crippen molar-refractivity contribution in [3.63, 3.8) is 0 Å². The Hall–Kier alpha value is -0.830. The van der Waals surface area contributed by atoms with Crippen molar-refractivity contribution in [1.82, 2.24) is 4.57 Å². The van der Waals surface area contributed by atoms with Crippen LogP contribution < -0.4 is 4.57 Å². The number of aromatic nitrogens is 2. The highest BCUT2D eigenvalue weighted by molar-refractivity contribution is 4.66. The first-order chi connectivity index (χ1) is 7.27. The second-order valence-electron chi connectivity index (χ2n) is 3.97. The molecule has 1 aromatic rings. The lowest BCUT2D eigenvalue weighted by Crippen LogP contribution is -2.35. The summed E-state index contributed by atoms with van der Waals surface area (Å²) in [7, 11) is 0. The number of hydrogen-bond donors (Lipinski definition) is 0. The molecule has 15 heavy (non-hydrogen) atoms. The van der Waals surface area contributed by atoms with E-state index in [1.165, 1.54) is 6.42 Å². The first-order valence-corrected chi connectivity index (χ1v) is 5.92. The third-order valence-electron chi connectivity index (χ3n) is 2.65. The maximum absolute atomic E-state index is 5.45. The molecule has 3 nitrogen and oxygen atoms in total. The minimum absolute atomic E-state index is 0.586. The van der Waals surface area contributed by atoms with Crippen molar-refractivity contribution < 1.29 is 9.30 Å². The summed E-state index contributed by atoms with van der Waals surface area (Å²) in [6.45, 7) is 9.20. The fraction of sp³-hybridized carbons (Fsp3) is 0.750. The van der Waals surface area contributed by atoms with Crippen molar-refractivity contribution in [2.45, 2.75) is 46.2 Å². The molecule has 0 aliphatic carbocycles. The second kappa shape index (κ2) is 6.62. The molecule has 1 heterocycles. The fourth-order valence-electron chi connectivity index (χ4n) is 1.43. The number of rotatable bonds is 7. The first kappa shape index (κ1) is 12.2. The van der Waals surface area contributed by atoms with Crippen LogP contribution in [0.5, 0.6) is 0 Å². The summed E-state index contributed by atoms with van der Waals surface area (Å²) in [5, 5.41) is 0. The SMILES string of the molecule is CCCOCCn1cc[n+](C(C)CC)c1. The number of imidazole rings is 1. The molecule has 0 aliphatic heterocycles. The van der Waals surface area contributed by atoms with E-state index >= 15 is 0 Å². The molecule has 0 bridgehead atoms. The van der Waals surface area contributed by atoms with E-state index in [0.29, 0.717) is 6.04 Å². The second-order valence-corrected chi connectivity index (χ2v) is 3.97. The van der Waals surface area contributed by atoms with Gasteiger partial charge in [-0.25, -0.2) is 9.13 Å². The van der Waals surface area contributed by atoms with E-state index in [0.717, 1.165) is 26.2 Å². The van der Waals surface area contributed by atoms with E-state index in [1.807, 2.05) is 0 Å². The molecule has 1 unspecified atom stereocenters. The Kier molecular flexibility index (Phi) is 5.40. The Bertz CT molecular complexity index is 270. The minimum atomic E-state index is 0.586. The summed E-state index contributed by atoms with van der Waals surface area (Å²) in [6.07, 6.45) is 8.67. The van der Waals surface area contributed by atoms with Crippen LogP contribution in [0.3, 0.4) is 0 Å². The molecular weight excluding hydrogens is 188 g/mol. The number of nitrogens with zero attached hydrogens (tertiary/aromatic N) is 2. The van der Waals surface area contributed by atoms with Crippen LogP contribution in [0.2, 0.25) is 0 Å². The number of ether oxygens (including phenoxy) is 1. The van der Waals surface area contributed by atoms with Crippen molar-refractivity contribution in [1.29, 1.82) is 0 Å². The van der Waals surface area contributed by atoms with Crippen LogP contribution in [-0.4, -0.2) is 17.8 Å². The normalized spacial score (nSPS) is 13.0. The van der Waals surface area contributed by atoms with Crippen LogP contribution in [0, 0.1) is 0 Å². The molecule has 0 aliphatic rings. The van der Waals surface area contributed by atoms with Gasteiger partial charge in [-0.15, -0.1) is 0 Å². The van der Waals surface area contributed by atoms with Crippen LogP contribution in [0.15, 0.2) is 18.7 Å². The van der Waals surface area contributed by atoms with Crippen LogP contribution >= 0.6 is 0 Å². The quantitative estimate of drug-likeness (QED) is 0.499. The van der Waals surface area contributed by atoms with Gasteiger partial charge in [-0.05, 0) is 19.8 Å². The molecule has 1 atom stereocenters. The molecule has 0 saturated heterocycles. The van der Waals surface area contributed by atoms with E-state index in [-0.39, 0.29) is 0 Å². The van der Waals surface area contributed by atoms with Crippen molar-refractivity contribution in [3.05, 3.63) is 18.7 Å². The topological polar surface area (TPSA) is 18.0 Å². The van der Waals surface area contributed by atoms with E-state index in [2.05, 4.69) is 48.6 Å². The van der Waals surface area contributed by atoms with Gasteiger partial charge in [-0.2, -0.15) is 0 Å². The Morgan fingerprint density at radius 3 is 2.80 bits per heavy atom. The highest BCUT2D eigenvalue weighted by atomic mass is 16.5. The highest BCUT2D eigenvalue weighted by Crippen LogP contribution is 1.99. The molecule has 0 saturated carbocycles. The van der Waals surface area contributed by atoms with Crippen LogP contribution in [0.25, 0.3) is 0 Å². The maximum atomic E-state index is 5.45. The van der Waals surface area contributed by atoms with Crippen LogP contribution in [0.1, 0.15) is 39.7 Å². The van der Waals surface area contributed by atoms with Crippen LogP contribution in [0.4, 0.5) is 0 Å². The fourth-order valence-corrected chi connectivity index (χ4v) is 1.43. The van der Waals surface area contributed by atoms with Gasteiger partial charge in [0.1, 0.15) is 18.9 Å². The zero-order valence-electron chi connectivity index (χ0n) is 10.1. The molecule has 3 heteroatoms. The van der Waals surface area contributed by atoms with Gasteiger partial charge in [0.2, 0.25) is 6.33 Å². The molecule has 1 rings (SSSR count). The standard InChI is InChI=1S/C12H23N2O/c1-4-9-15-10-8-13-6-7-14(11-13)12(3)5-2/h6-7,11-12H,4-5,8-10H2,1-3H3/q+1. The Balaban J connectivity index is 2.33. The molecule has 1 aromatic heterocycles. The van der Waals surface area contributed by atoms with Gasteiger partial charge in [0.25, 0.3) is 0 Å². The average molecular weight is 211 g/mol. The lowest BCUT2D eigenvalue weighted by molar-refractivity contribution is -0.719. The van der Waals surface area contributed by atoms with Crippen molar-refractivity contribution >= 4 is 0 Å². The zero-order valence-corrected chi connectivity index (χ0v) is 10.1. The molecule has 0 aromatic carbocycles. The molecule has 0 amide bonds. The van der Waals surface area contributed by atoms with E-state index in [9.17, 15) is 0 Å². The summed E-state index contributed by atoms with van der Waals surface area (Å²) >= 11 is 0. The van der Waals surface area contributed by atoms with Gasteiger partial charge < -0.3 is 4.74 Å². The van der Waals surface area contributed by atoms with Gasteiger partial charge >= 0.3 is 0 Å². The summed E-state index contributed by atoms with van der Waals surface area (Å²) < 4.78 is 9.88. The maximum Gasteiger partial charge on any atom is 0.244 e. The average Bonchev–Trinajstić information content (AvgIpc) is 2.72. The summed E-state index contributed by atoms with van der Waals surface area (Å²) in [5.74, 6) is 0. The van der Waals surface area contributed by atoms with E-state index < -0.39 is 0 Å². The predicted molar refractivity (Wildman–Crippen MR) is 60.7 cm³/mol. The molecule has 0 spiro atoms. The van der Waals surface area contributed by atoms with Gasteiger partial charge in [0, 0.05) is 6.61 Å². The van der Waals surface area contributed by atoms with Gasteiger partial charge in [0.05, 0.1) is 12.6 Å². The summed E-state index contributed by atoms with van der Waals surface area (Å²) in [5.41, 5.74) is 0. The summed E-state index contributed by atoms with van der Waals surface area (Å²) in [4.78, 5) is 0. The third-order valence-corrected chi connectivity index (χ3v) is 2.65. The Morgan fingerprint density at radius 1 is 1.33 bits per heavy atom. The van der Waals surface area contributed by atoms with E-state index in [4.69, 9.17) is 4.74 Å². The predicted octanol–water partition coefficient (Wildman–Crippen LogP) is 2.17. The molecule has 0 fully saturated rings. The van der Waals surface area contributed by atoms with Crippen molar-refractivity contribution in [2.75, 3.05) is 13.2 Å². The Morgan fingerprint density at radius 2 is 2.13 bits per heavy atom.